The average Bonchev–Trinajstić information content (AvgIpc) is 2.13. The van der Waals surface area contributed by atoms with Crippen LogP contribution in [0.2, 0.25) is 0 Å². The van der Waals surface area contributed by atoms with Gasteiger partial charge in [0.25, 0.3) is 10.2 Å². The van der Waals surface area contributed by atoms with E-state index in [4.69, 9.17) is 5.73 Å². The van der Waals surface area contributed by atoms with Gasteiger partial charge in [0, 0.05) is 20.1 Å². The zero-order valence-electron chi connectivity index (χ0n) is 8.99. The lowest BCUT2D eigenvalue weighted by Gasteiger charge is -2.16. The number of nitrogens with two attached hydrogens (primary N) is 1. The molecule has 0 saturated heterocycles. The predicted octanol–water partition coefficient (Wildman–Crippen LogP) is -0.0985. The van der Waals surface area contributed by atoms with Crippen LogP contribution in [-0.2, 0) is 10.2 Å². The standard InChI is InChI=1S/C8H21N3O2S/c1-3-8-11(2)14(12,13)10-7-5-4-6-9/h10H,3-9H2,1-2H3. The fourth-order valence-electron chi connectivity index (χ4n) is 1.02. The molecule has 0 spiro atoms. The summed E-state index contributed by atoms with van der Waals surface area (Å²) in [5.41, 5.74) is 5.30. The normalized spacial score (nSPS) is 12.3. The number of nitrogens with zero attached hydrogens (tertiary/aromatic N) is 1. The summed E-state index contributed by atoms with van der Waals surface area (Å²) in [7, 11) is -1.68. The Bertz CT molecular complexity index is 229. The lowest BCUT2D eigenvalue weighted by molar-refractivity contribution is 0.456. The third-order valence-corrected chi connectivity index (χ3v) is 3.44. The molecule has 0 radical (unpaired) electrons. The van der Waals surface area contributed by atoms with Gasteiger partial charge < -0.3 is 5.73 Å². The summed E-state index contributed by atoms with van der Waals surface area (Å²) in [6.45, 7) is 3.56. The highest BCUT2D eigenvalue weighted by Crippen LogP contribution is 1.95. The van der Waals surface area contributed by atoms with Crippen LogP contribution < -0.4 is 10.5 Å². The second-order valence-electron chi connectivity index (χ2n) is 3.22. The van der Waals surface area contributed by atoms with Gasteiger partial charge in [-0.2, -0.15) is 12.7 Å². The van der Waals surface area contributed by atoms with Crippen LogP contribution in [0.4, 0.5) is 0 Å². The number of rotatable bonds is 8. The van der Waals surface area contributed by atoms with Gasteiger partial charge in [0.15, 0.2) is 0 Å². The van der Waals surface area contributed by atoms with E-state index in [0.717, 1.165) is 19.3 Å². The van der Waals surface area contributed by atoms with Gasteiger partial charge in [-0.15, -0.1) is 0 Å². The minimum absolute atomic E-state index is 0.466. The van der Waals surface area contributed by atoms with Crippen LogP contribution >= 0.6 is 0 Å². The van der Waals surface area contributed by atoms with E-state index in [0.29, 0.717) is 19.6 Å². The SMILES string of the molecule is CCCN(C)S(=O)(=O)NCCCCN. The Balaban J connectivity index is 3.83. The second kappa shape index (κ2) is 7.17. The maximum Gasteiger partial charge on any atom is 0.279 e. The summed E-state index contributed by atoms with van der Waals surface area (Å²) in [6, 6.07) is 0. The summed E-state index contributed by atoms with van der Waals surface area (Å²) < 4.78 is 26.8. The minimum atomic E-state index is -3.26. The van der Waals surface area contributed by atoms with E-state index in [-0.39, 0.29) is 0 Å². The molecule has 0 aromatic rings. The number of unbranched alkanes of at least 4 members (excludes halogenated alkanes) is 1. The summed E-state index contributed by atoms with van der Waals surface area (Å²) in [6.07, 6.45) is 2.45. The van der Waals surface area contributed by atoms with Gasteiger partial charge in [-0.25, -0.2) is 4.72 Å². The molecule has 5 nitrogen and oxygen atoms in total. The molecule has 0 atom stereocenters. The molecule has 86 valence electrons. The van der Waals surface area contributed by atoms with Crippen molar-refractivity contribution in [3.8, 4) is 0 Å². The van der Waals surface area contributed by atoms with Gasteiger partial charge in [0.2, 0.25) is 0 Å². The van der Waals surface area contributed by atoms with Gasteiger partial charge in [-0.3, -0.25) is 0 Å². The molecule has 6 heteroatoms. The van der Waals surface area contributed by atoms with E-state index in [9.17, 15) is 8.42 Å². The maximum atomic E-state index is 11.5. The molecule has 0 aliphatic heterocycles. The first-order valence-electron chi connectivity index (χ1n) is 4.95. The van der Waals surface area contributed by atoms with E-state index >= 15 is 0 Å². The summed E-state index contributed by atoms with van der Waals surface area (Å²) in [4.78, 5) is 0. The first kappa shape index (κ1) is 13.8. The topological polar surface area (TPSA) is 75.4 Å². The highest BCUT2D eigenvalue weighted by molar-refractivity contribution is 7.87. The lowest BCUT2D eigenvalue weighted by Crippen LogP contribution is -2.39. The molecular weight excluding hydrogens is 202 g/mol. The summed E-state index contributed by atoms with van der Waals surface area (Å²) >= 11 is 0. The largest absolute Gasteiger partial charge is 0.330 e. The van der Waals surface area contributed by atoms with Crippen LogP contribution in [0, 0.1) is 0 Å². The molecule has 0 heterocycles. The zero-order chi connectivity index (χ0) is 11.0. The molecule has 14 heavy (non-hydrogen) atoms. The summed E-state index contributed by atoms with van der Waals surface area (Å²) in [5, 5.41) is 0. The Kier molecular flexibility index (Phi) is 7.08. The molecule has 0 fully saturated rings. The van der Waals surface area contributed by atoms with Crippen molar-refractivity contribution in [3.63, 3.8) is 0 Å². The molecule has 0 saturated carbocycles. The Morgan fingerprint density at radius 3 is 2.50 bits per heavy atom. The number of nitrogens with one attached hydrogen (secondary N) is 1. The highest BCUT2D eigenvalue weighted by atomic mass is 32.2. The fourth-order valence-corrected chi connectivity index (χ4v) is 2.06. The van der Waals surface area contributed by atoms with Gasteiger partial charge in [0.1, 0.15) is 0 Å². The van der Waals surface area contributed by atoms with Crippen molar-refractivity contribution in [3.05, 3.63) is 0 Å². The fraction of sp³-hybridized carbons (Fsp3) is 1.00. The van der Waals surface area contributed by atoms with Crippen molar-refractivity contribution in [2.24, 2.45) is 5.73 Å². The number of hydrogen-bond acceptors (Lipinski definition) is 3. The van der Waals surface area contributed by atoms with Crippen molar-refractivity contribution in [2.75, 3.05) is 26.7 Å². The Morgan fingerprint density at radius 2 is 2.00 bits per heavy atom. The van der Waals surface area contributed by atoms with Crippen molar-refractivity contribution in [2.45, 2.75) is 26.2 Å². The Labute approximate surface area is 86.8 Å². The first-order chi connectivity index (χ1) is 6.54. The van der Waals surface area contributed by atoms with Crippen molar-refractivity contribution in [1.29, 1.82) is 0 Å². The average molecular weight is 223 g/mol. The van der Waals surface area contributed by atoms with Crippen LogP contribution in [0.25, 0.3) is 0 Å². The van der Waals surface area contributed by atoms with Crippen LogP contribution in [0.1, 0.15) is 26.2 Å². The molecule has 0 rings (SSSR count). The Hall–Kier alpha value is -0.170. The van der Waals surface area contributed by atoms with E-state index in [1.807, 2.05) is 6.92 Å². The Morgan fingerprint density at radius 1 is 1.36 bits per heavy atom. The predicted molar refractivity (Wildman–Crippen MR) is 58.1 cm³/mol. The monoisotopic (exact) mass is 223 g/mol. The van der Waals surface area contributed by atoms with Gasteiger partial charge in [-0.05, 0) is 25.8 Å². The molecule has 0 aromatic heterocycles. The third-order valence-electron chi connectivity index (χ3n) is 1.86. The van der Waals surface area contributed by atoms with E-state index in [1.165, 1.54) is 4.31 Å². The van der Waals surface area contributed by atoms with Crippen LogP contribution in [0.3, 0.4) is 0 Å². The van der Waals surface area contributed by atoms with Crippen LogP contribution in [0.15, 0.2) is 0 Å². The molecule has 0 aromatic carbocycles. The third kappa shape index (κ3) is 5.54. The van der Waals surface area contributed by atoms with Crippen molar-refractivity contribution in [1.82, 2.24) is 9.03 Å². The molecule has 0 amide bonds. The van der Waals surface area contributed by atoms with Crippen molar-refractivity contribution < 1.29 is 8.42 Å². The van der Waals surface area contributed by atoms with Crippen LogP contribution in [0.5, 0.6) is 0 Å². The number of hydrogen-bond donors (Lipinski definition) is 2. The summed E-state index contributed by atoms with van der Waals surface area (Å²) in [5.74, 6) is 0. The first-order valence-corrected chi connectivity index (χ1v) is 6.39. The zero-order valence-corrected chi connectivity index (χ0v) is 9.81. The minimum Gasteiger partial charge on any atom is -0.330 e. The van der Waals surface area contributed by atoms with E-state index in [1.54, 1.807) is 7.05 Å². The molecule has 0 aliphatic rings. The molecule has 0 bridgehead atoms. The maximum absolute atomic E-state index is 11.5. The highest BCUT2D eigenvalue weighted by Gasteiger charge is 2.14. The van der Waals surface area contributed by atoms with Crippen molar-refractivity contribution >= 4 is 10.2 Å². The van der Waals surface area contributed by atoms with Gasteiger partial charge >= 0.3 is 0 Å². The van der Waals surface area contributed by atoms with E-state index in [2.05, 4.69) is 4.72 Å². The molecular formula is C8H21N3O2S. The molecule has 0 aliphatic carbocycles. The quantitative estimate of drug-likeness (QED) is 0.564. The molecule has 0 unspecified atom stereocenters. The smallest absolute Gasteiger partial charge is 0.279 e. The second-order valence-corrected chi connectivity index (χ2v) is 5.08. The lowest BCUT2D eigenvalue weighted by atomic mass is 10.3. The van der Waals surface area contributed by atoms with E-state index < -0.39 is 10.2 Å². The van der Waals surface area contributed by atoms with Gasteiger partial charge in [0.05, 0.1) is 0 Å². The molecule has 3 N–H and O–H groups in total. The van der Waals surface area contributed by atoms with Gasteiger partial charge in [-0.1, -0.05) is 6.92 Å². The van der Waals surface area contributed by atoms with Crippen LogP contribution in [-0.4, -0.2) is 39.4 Å².